The average molecular weight is 433 g/mol. The van der Waals surface area contributed by atoms with Crippen LogP contribution >= 0.6 is 23.2 Å². The van der Waals surface area contributed by atoms with Crippen molar-refractivity contribution in [1.82, 2.24) is 9.99 Å². The molecule has 0 radical (unpaired) electrons. The third kappa shape index (κ3) is 4.52. The van der Waals surface area contributed by atoms with Crippen LogP contribution in [-0.2, 0) is 9.59 Å². The number of likely N-dealkylation sites (N-methyl/N-ethyl adjacent to an activating group) is 1. The molecule has 0 spiro atoms. The summed E-state index contributed by atoms with van der Waals surface area (Å²) in [5.41, 5.74) is 4.47. The van der Waals surface area contributed by atoms with Gasteiger partial charge in [0.1, 0.15) is 5.69 Å². The van der Waals surface area contributed by atoms with E-state index in [1.165, 1.54) is 4.68 Å². The maximum atomic E-state index is 12.9. The zero-order valence-electron chi connectivity index (χ0n) is 15.7. The van der Waals surface area contributed by atoms with Crippen LogP contribution in [0.1, 0.15) is 23.0 Å². The van der Waals surface area contributed by atoms with Crippen molar-refractivity contribution in [1.29, 1.82) is 0 Å². The molecule has 0 saturated heterocycles. The summed E-state index contributed by atoms with van der Waals surface area (Å²) in [4.78, 5) is 36.9. The summed E-state index contributed by atoms with van der Waals surface area (Å²) in [6.45, 7) is 3.85. The summed E-state index contributed by atoms with van der Waals surface area (Å²) in [5, 5.41) is 6.77. The van der Waals surface area contributed by atoms with Gasteiger partial charge in [-0.15, -0.1) is 0 Å². The summed E-state index contributed by atoms with van der Waals surface area (Å²) in [6, 6.07) is 11.6. The van der Waals surface area contributed by atoms with Crippen LogP contribution in [0.15, 0.2) is 42.5 Å². The number of nitrogens with zero attached hydrogens (tertiary/aromatic N) is 1. The minimum Gasteiger partial charge on any atom is -0.348 e. The normalized spacial score (nSPS) is 10.6. The second-order valence-corrected chi connectivity index (χ2v) is 7.13. The van der Waals surface area contributed by atoms with E-state index in [2.05, 4.69) is 16.1 Å². The molecule has 0 saturated carbocycles. The van der Waals surface area contributed by atoms with Crippen molar-refractivity contribution in [2.24, 2.45) is 0 Å². The average Bonchev–Trinajstić information content (AvgIpc) is 3.02. The Kier molecular flexibility index (Phi) is 6.10. The first-order valence-electron chi connectivity index (χ1n) is 8.78. The van der Waals surface area contributed by atoms with Gasteiger partial charge in [0.05, 0.1) is 5.52 Å². The van der Waals surface area contributed by atoms with Crippen LogP contribution in [0.25, 0.3) is 10.9 Å². The first-order valence-corrected chi connectivity index (χ1v) is 9.53. The van der Waals surface area contributed by atoms with Gasteiger partial charge in [-0.25, -0.2) is 4.68 Å². The molecule has 0 aliphatic heterocycles. The van der Waals surface area contributed by atoms with Gasteiger partial charge in [-0.1, -0.05) is 29.3 Å². The summed E-state index contributed by atoms with van der Waals surface area (Å²) in [6.07, 6.45) is 0. The van der Waals surface area contributed by atoms with Gasteiger partial charge in [0.15, 0.2) is 0 Å². The number of fused-ring (bicyclic) bond motifs is 1. The Morgan fingerprint density at radius 3 is 2.45 bits per heavy atom. The Bertz CT molecular complexity index is 1120. The van der Waals surface area contributed by atoms with E-state index >= 15 is 0 Å². The first-order chi connectivity index (χ1) is 13.8. The summed E-state index contributed by atoms with van der Waals surface area (Å²) < 4.78 is 1.26. The van der Waals surface area contributed by atoms with Gasteiger partial charge in [0.2, 0.25) is 0 Å². The standard InChI is InChI=1S/C20H18Cl2N4O3/c1-3-23-19(28)20(29)25-26-16-7-5-13(21)8-12(16)9-17(26)18(27)24-14-6-4-11(2)15(22)10-14/h4-10H,3H2,1-2H3,(H,23,28)(H,24,27)(H,25,29). The van der Waals surface area contributed by atoms with Crippen molar-refractivity contribution in [2.75, 3.05) is 17.3 Å². The number of carbonyl (C=O) groups excluding carboxylic acids is 3. The first kappa shape index (κ1) is 20.7. The number of aryl methyl sites for hydroxylation is 1. The van der Waals surface area contributed by atoms with Crippen molar-refractivity contribution in [3.8, 4) is 0 Å². The van der Waals surface area contributed by atoms with Crippen LogP contribution in [0.3, 0.4) is 0 Å². The number of amides is 3. The fraction of sp³-hybridized carbons (Fsp3) is 0.150. The van der Waals surface area contributed by atoms with Crippen molar-refractivity contribution in [3.05, 3.63) is 63.8 Å². The van der Waals surface area contributed by atoms with Crippen LogP contribution in [-0.4, -0.2) is 28.9 Å². The predicted molar refractivity (Wildman–Crippen MR) is 114 cm³/mol. The fourth-order valence-corrected chi connectivity index (χ4v) is 3.09. The van der Waals surface area contributed by atoms with Crippen molar-refractivity contribution in [3.63, 3.8) is 0 Å². The number of benzene rings is 2. The van der Waals surface area contributed by atoms with Crippen LogP contribution in [0.2, 0.25) is 10.0 Å². The van der Waals surface area contributed by atoms with Gasteiger partial charge >= 0.3 is 11.8 Å². The summed E-state index contributed by atoms with van der Waals surface area (Å²) in [7, 11) is 0. The number of anilines is 1. The Morgan fingerprint density at radius 1 is 1.00 bits per heavy atom. The molecule has 29 heavy (non-hydrogen) atoms. The third-order valence-electron chi connectivity index (χ3n) is 4.18. The van der Waals surface area contributed by atoms with Crippen molar-refractivity contribution in [2.45, 2.75) is 13.8 Å². The van der Waals surface area contributed by atoms with E-state index in [0.29, 0.717) is 33.2 Å². The van der Waals surface area contributed by atoms with Gasteiger partial charge in [0, 0.05) is 27.7 Å². The van der Waals surface area contributed by atoms with Gasteiger partial charge in [-0.05, 0) is 55.8 Å². The molecule has 0 bridgehead atoms. The molecule has 3 amide bonds. The minimum absolute atomic E-state index is 0.122. The Labute approximate surface area is 176 Å². The van der Waals surface area contributed by atoms with E-state index in [9.17, 15) is 14.4 Å². The lowest BCUT2D eigenvalue weighted by atomic mass is 10.2. The Hall–Kier alpha value is -3.03. The number of aromatic nitrogens is 1. The number of hydrogen-bond donors (Lipinski definition) is 3. The second kappa shape index (κ2) is 8.55. The molecule has 0 unspecified atom stereocenters. The second-order valence-electron chi connectivity index (χ2n) is 6.29. The lowest BCUT2D eigenvalue weighted by molar-refractivity contribution is -0.136. The number of nitrogens with one attached hydrogen (secondary N) is 3. The highest BCUT2D eigenvalue weighted by Crippen LogP contribution is 2.25. The van der Waals surface area contributed by atoms with E-state index in [1.54, 1.807) is 49.4 Å². The Morgan fingerprint density at radius 2 is 1.76 bits per heavy atom. The molecule has 1 aromatic heterocycles. The monoisotopic (exact) mass is 432 g/mol. The van der Waals surface area contributed by atoms with Crippen LogP contribution < -0.4 is 16.1 Å². The lowest BCUT2D eigenvalue weighted by Crippen LogP contribution is -2.39. The molecule has 2 aromatic carbocycles. The topological polar surface area (TPSA) is 92.2 Å². The third-order valence-corrected chi connectivity index (χ3v) is 4.83. The largest absolute Gasteiger partial charge is 0.348 e. The SMILES string of the molecule is CCNC(=O)C(=O)Nn1c(C(=O)Nc2ccc(C)c(Cl)c2)cc2cc(Cl)ccc21. The molecular weight excluding hydrogens is 415 g/mol. The summed E-state index contributed by atoms with van der Waals surface area (Å²) >= 11 is 12.2. The smallest absolute Gasteiger partial charge is 0.328 e. The highest BCUT2D eigenvalue weighted by molar-refractivity contribution is 6.38. The fourth-order valence-electron chi connectivity index (χ4n) is 2.73. The molecule has 1 heterocycles. The highest BCUT2D eigenvalue weighted by Gasteiger charge is 2.20. The van der Waals surface area contributed by atoms with Gasteiger partial charge in [-0.2, -0.15) is 0 Å². The van der Waals surface area contributed by atoms with E-state index in [1.807, 2.05) is 6.92 Å². The zero-order valence-corrected chi connectivity index (χ0v) is 17.2. The zero-order chi connectivity index (χ0) is 21.1. The molecule has 3 N–H and O–H groups in total. The number of halogens is 2. The van der Waals surface area contributed by atoms with E-state index in [-0.39, 0.29) is 5.69 Å². The molecule has 150 valence electrons. The summed E-state index contributed by atoms with van der Waals surface area (Å²) in [5.74, 6) is -2.19. The van der Waals surface area contributed by atoms with Gasteiger partial charge < -0.3 is 10.6 Å². The molecule has 3 rings (SSSR count). The molecule has 9 heteroatoms. The molecule has 7 nitrogen and oxygen atoms in total. The number of rotatable bonds is 4. The molecule has 0 atom stereocenters. The quantitative estimate of drug-likeness (QED) is 0.548. The molecular formula is C20H18Cl2N4O3. The predicted octanol–water partition coefficient (Wildman–Crippen LogP) is 3.72. The van der Waals surface area contributed by atoms with Crippen molar-refractivity contribution >= 4 is 57.5 Å². The van der Waals surface area contributed by atoms with Crippen LogP contribution in [0.4, 0.5) is 5.69 Å². The number of carbonyl (C=O) groups is 3. The lowest BCUT2D eigenvalue weighted by Gasteiger charge is -2.13. The maximum absolute atomic E-state index is 12.9. The van der Waals surface area contributed by atoms with E-state index in [0.717, 1.165) is 5.56 Å². The molecule has 0 aliphatic carbocycles. The van der Waals surface area contributed by atoms with Crippen LogP contribution in [0.5, 0.6) is 0 Å². The van der Waals surface area contributed by atoms with Gasteiger partial charge in [-0.3, -0.25) is 19.8 Å². The Balaban J connectivity index is 1.98. The van der Waals surface area contributed by atoms with Gasteiger partial charge in [0.25, 0.3) is 5.91 Å². The van der Waals surface area contributed by atoms with Crippen LogP contribution in [0, 0.1) is 6.92 Å². The van der Waals surface area contributed by atoms with Crippen molar-refractivity contribution < 1.29 is 14.4 Å². The number of hydrogen-bond acceptors (Lipinski definition) is 3. The van der Waals surface area contributed by atoms with E-state index in [4.69, 9.17) is 23.2 Å². The highest BCUT2D eigenvalue weighted by atomic mass is 35.5. The molecule has 3 aromatic rings. The maximum Gasteiger partial charge on any atom is 0.328 e. The minimum atomic E-state index is -0.897. The molecule has 0 aliphatic rings. The molecule has 0 fully saturated rings. The van der Waals surface area contributed by atoms with E-state index < -0.39 is 17.7 Å².